The molecular formula is C31H38F4O3. The molecule has 7 heteroatoms. The van der Waals surface area contributed by atoms with E-state index in [1.54, 1.807) is 12.1 Å². The van der Waals surface area contributed by atoms with Crippen LogP contribution in [0.15, 0.2) is 24.3 Å². The van der Waals surface area contributed by atoms with Crippen LogP contribution in [0.4, 0.5) is 17.6 Å². The van der Waals surface area contributed by atoms with Gasteiger partial charge in [-0.3, -0.25) is 4.79 Å². The second-order valence-corrected chi connectivity index (χ2v) is 10.9. The molecule has 0 saturated heterocycles. The molecule has 0 spiro atoms. The third-order valence-electron chi connectivity index (χ3n) is 8.59. The van der Waals surface area contributed by atoms with Crippen molar-refractivity contribution in [1.29, 1.82) is 0 Å². The van der Waals surface area contributed by atoms with Crippen molar-refractivity contribution < 1.29 is 31.8 Å². The maximum atomic E-state index is 15.2. The number of unbranched alkanes of at least 4 members (excludes halogenated alkanes) is 2. The fourth-order valence-electron chi connectivity index (χ4n) is 6.24. The molecule has 0 radical (unpaired) electrons. The SMILES string of the molecule is CCCCCC1CCC(c2ccc(C3CCC(C(=O)Oc4ccc(OC)c(F)c4F)CC3)c(F)c2F)CC1. The van der Waals surface area contributed by atoms with Gasteiger partial charge in [-0.1, -0.05) is 44.7 Å². The monoisotopic (exact) mass is 534 g/mol. The highest BCUT2D eigenvalue weighted by Crippen LogP contribution is 2.42. The minimum absolute atomic E-state index is 0.0645. The Morgan fingerprint density at radius 1 is 0.737 bits per heavy atom. The van der Waals surface area contributed by atoms with Gasteiger partial charge >= 0.3 is 5.97 Å². The van der Waals surface area contributed by atoms with Gasteiger partial charge in [0.1, 0.15) is 0 Å². The number of esters is 1. The van der Waals surface area contributed by atoms with E-state index in [0.717, 1.165) is 31.7 Å². The van der Waals surface area contributed by atoms with Crippen molar-refractivity contribution in [2.24, 2.45) is 11.8 Å². The molecule has 0 aliphatic heterocycles. The van der Waals surface area contributed by atoms with Crippen LogP contribution < -0.4 is 9.47 Å². The summed E-state index contributed by atoms with van der Waals surface area (Å²) in [6.45, 7) is 2.20. The molecule has 2 saturated carbocycles. The van der Waals surface area contributed by atoms with Gasteiger partial charge in [0.15, 0.2) is 23.1 Å². The number of halogens is 4. The first-order valence-corrected chi connectivity index (χ1v) is 14.0. The van der Waals surface area contributed by atoms with Crippen molar-refractivity contribution in [3.63, 3.8) is 0 Å². The molecule has 0 unspecified atom stereocenters. The molecule has 2 aliphatic rings. The van der Waals surface area contributed by atoms with Crippen LogP contribution in [0.1, 0.15) is 107 Å². The Morgan fingerprint density at radius 3 is 1.82 bits per heavy atom. The first kappa shape index (κ1) is 28.4. The molecule has 0 aromatic heterocycles. The van der Waals surface area contributed by atoms with Crippen LogP contribution in [0.5, 0.6) is 11.5 Å². The Hall–Kier alpha value is -2.57. The van der Waals surface area contributed by atoms with Crippen molar-refractivity contribution in [2.45, 2.75) is 95.8 Å². The van der Waals surface area contributed by atoms with Crippen molar-refractivity contribution >= 4 is 5.97 Å². The molecule has 2 aliphatic carbocycles. The Balaban J connectivity index is 1.33. The van der Waals surface area contributed by atoms with Crippen molar-refractivity contribution in [1.82, 2.24) is 0 Å². The normalized spacial score (nSPS) is 23.7. The number of methoxy groups -OCH3 is 1. The third kappa shape index (κ3) is 6.35. The summed E-state index contributed by atoms with van der Waals surface area (Å²) in [7, 11) is 1.21. The lowest BCUT2D eigenvalue weighted by molar-refractivity contribution is -0.140. The number of carbonyl (C=O) groups excluding carboxylic acids is 1. The van der Waals surface area contributed by atoms with E-state index in [2.05, 4.69) is 6.92 Å². The molecule has 0 atom stereocenters. The highest BCUT2D eigenvalue weighted by atomic mass is 19.2. The second-order valence-electron chi connectivity index (χ2n) is 10.9. The zero-order valence-electron chi connectivity index (χ0n) is 22.3. The van der Waals surface area contributed by atoms with Crippen LogP contribution in [0.2, 0.25) is 0 Å². The summed E-state index contributed by atoms with van der Waals surface area (Å²) in [6, 6.07) is 5.83. The molecule has 2 aromatic rings. The lowest BCUT2D eigenvalue weighted by atomic mass is 9.75. The maximum Gasteiger partial charge on any atom is 0.314 e. The number of hydrogen-bond donors (Lipinski definition) is 0. The number of benzene rings is 2. The van der Waals surface area contributed by atoms with E-state index in [1.807, 2.05) is 0 Å². The fourth-order valence-corrected chi connectivity index (χ4v) is 6.24. The molecule has 0 bridgehead atoms. The Labute approximate surface area is 222 Å². The van der Waals surface area contributed by atoms with Gasteiger partial charge in [0.05, 0.1) is 13.0 Å². The Bertz CT molecular complexity index is 1100. The van der Waals surface area contributed by atoms with Gasteiger partial charge in [0.25, 0.3) is 0 Å². The van der Waals surface area contributed by atoms with E-state index in [1.165, 1.54) is 38.9 Å². The number of carbonyl (C=O) groups is 1. The predicted molar refractivity (Wildman–Crippen MR) is 138 cm³/mol. The molecule has 3 nitrogen and oxygen atoms in total. The lowest BCUT2D eigenvalue weighted by Gasteiger charge is -2.30. The Morgan fingerprint density at radius 2 is 1.26 bits per heavy atom. The second kappa shape index (κ2) is 13.0. The number of ether oxygens (including phenoxy) is 2. The lowest BCUT2D eigenvalue weighted by Crippen LogP contribution is -2.26. The third-order valence-corrected chi connectivity index (χ3v) is 8.59. The maximum absolute atomic E-state index is 15.2. The first-order chi connectivity index (χ1) is 18.3. The minimum Gasteiger partial charge on any atom is -0.494 e. The largest absolute Gasteiger partial charge is 0.494 e. The van der Waals surface area contributed by atoms with Gasteiger partial charge in [-0.05, 0) is 92.4 Å². The van der Waals surface area contributed by atoms with Crippen molar-refractivity contribution in [3.05, 3.63) is 58.7 Å². The summed E-state index contributed by atoms with van der Waals surface area (Å²) in [5.74, 6) is -5.38. The van der Waals surface area contributed by atoms with Crippen LogP contribution >= 0.6 is 0 Å². The van der Waals surface area contributed by atoms with E-state index in [-0.39, 0.29) is 17.6 Å². The Kier molecular flexibility index (Phi) is 9.72. The van der Waals surface area contributed by atoms with E-state index in [0.29, 0.717) is 42.7 Å². The summed E-state index contributed by atoms with van der Waals surface area (Å²) in [4.78, 5) is 12.6. The molecule has 2 aromatic carbocycles. The van der Waals surface area contributed by atoms with Crippen LogP contribution in [0.3, 0.4) is 0 Å². The van der Waals surface area contributed by atoms with Crippen LogP contribution in [0, 0.1) is 35.1 Å². The summed E-state index contributed by atoms with van der Waals surface area (Å²) in [5.41, 5.74) is 0.846. The summed E-state index contributed by atoms with van der Waals surface area (Å²) in [6.07, 6.45) is 10.7. The van der Waals surface area contributed by atoms with Crippen LogP contribution in [-0.4, -0.2) is 13.1 Å². The average Bonchev–Trinajstić information content (AvgIpc) is 2.93. The highest BCUT2D eigenvalue weighted by molar-refractivity contribution is 5.75. The van der Waals surface area contributed by atoms with Gasteiger partial charge in [-0.2, -0.15) is 8.78 Å². The minimum atomic E-state index is -1.28. The quantitative estimate of drug-likeness (QED) is 0.139. The first-order valence-electron chi connectivity index (χ1n) is 14.0. The van der Waals surface area contributed by atoms with Crippen LogP contribution in [-0.2, 0) is 4.79 Å². The smallest absolute Gasteiger partial charge is 0.314 e. The van der Waals surface area contributed by atoms with Crippen molar-refractivity contribution in [2.75, 3.05) is 7.11 Å². The summed E-state index contributed by atoms with van der Waals surface area (Å²) in [5, 5.41) is 0. The molecule has 4 rings (SSSR count). The molecular weight excluding hydrogens is 496 g/mol. The van der Waals surface area contributed by atoms with Gasteiger partial charge in [0, 0.05) is 0 Å². The zero-order valence-corrected chi connectivity index (χ0v) is 22.3. The molecule has 0 N–H and O–H groups in total. The summed E-state index contributed by atoms with van der Waals surface area (Å²) >= 11 is 0. The standard InChI is InChI=1S/C31H38F4O3/c1-3-4-5-6-19-7-9-20(10-8-19)23-15-16-24(28(33)27(23)32)21-11-13-22(14-12-21)31(36)38-26-18-17-25(37-2)29(34)30(26)35/h15-22H,3-14H2,1-2H3. The van der Waals surface area contributed by atoms with Crippen LogP contribution in [0.25, 0.3) is 0 Å². The van der Waals surface area contributed by atoms with Gasteiger partial charge in [-0.15, -0.1) is 0 Å². The summed E-state index contributed by atoms with van der Waals surface area (Å²) < 4.78 is 68.4. The molecule has 38 heavy (non-hydrogen) atoms. The fraction of sp³-hybridized carbons (Fsp3) is 0.581. The predicted octanol–water partition coefficient (Wildman–Crippen LogP) is 8.99. The van der Waals surface area contributed by atoms with E-state index in [9.17, 15) is 13.6 Å². The topological polar surface area (TPSA) is 35.5 Å². The molecule has 0 heterocycles. The average molecular weight is 535 g/mol. The van der Waals surface area contributed by atoms with Gasteiger partial charge < -0.3 is 9.47 Å². The van der Waals surface area contributed by atoms with Crippen molar-refractivity contribution in [3.8, 4) is 11.5 Å². The number of rotatable bonds is 9. The molecule has 208 valence electrons. The molecule has 0 amide bonds. The van der Waals surface area contributed by atoms with Gasteiger partial charge in [0.2, 0.25) is 11.6 Å². The van der Waals surface area contributed by atoms with Gasteiger partial charge in [-0.25, -0.2) is 8.78 Å². The molecule has 2 fully saturated rings. The number of hydrogen-bond acceptors (Lipinski definition) is 3. The van der Waals surface area contributed by atoms with E-state index in [4.69, 9.17) is 9.47 Å². The highest BCUT2D eigenvalue weighted by Gasteiger charge is 2.32. The van der Waals surface area contributed by atoms with E-state index >= 15 is 8.78 Å². The zero-order chi connectivity index (χ0) is 27.2. The van der Waals surface area contributed by atoms with E-state index < -0.39 is 40.9 Å².